The van der Waals surface area contributed by atoms with Gasteiger partial charge in [0.15, 0.2) is 0 Å². The van der Waals surface area contributed by atoms with Crippen LogP contribution in [-0.2, 0) is 13.1 Å². The first kappa shape index (κ1) is 11.9. The molecule has 0 bridgehead atoms. The molecule has 0 aliphatic rings. The van der Waals surface area contributed by atoms with Crippen molar-refractivity contribution in [1.29, 1.82) is 0 Å². The maximum atomic E-state index is 5.51. The molecule has 0 saturated heterocycles. The smallest absolute Gasteiger partial charge is 0.125 e. The second-order valence-electron chi connectivity index (χ2n) is 4.02. The van der Waals surface area contributed by atoms with Gasteiger partial charge in [0, 0.05) is 23.9 Å². The average Bonchev–Trinajstić information content (AvgIpc) is 2.96. The molecule has 1 N–H and O–H groups in total. The number of hydrogen-bond acceptors (Lipinski definition) is 3. The van der Waals surface area contributed by atoms with Gasteiger partial charge in [0.1, 0.15) is 5.76 Å². The Hall–Kier alpha value is -1.55. The van der Waals surface area contributed by atoms with Gasteiger partial charge in [-0.25, -0.2) is 0 Å². The summed E-state index contributed by atoms with van der Waals surface area (Å²) in [6.07, 6.45) is 6.80. The molecule has 4 nitrogen and oxygen atoms in total. The number of hydrogen-bond donors (Lipinski definition) is 1. The monoisotopic (exact) mass is 233 g/mol. The molecular weight excluding hydrogens is 214 g/mol. The fourth-order valence-electron chi connectivity index (χ4n) is 1.79. The Morgan fingerprint density at radius 3 is 3.00 bits per heavy atom. The third-order valence-corrected chi connectivity index (χ3v) is 2.73. The summed E-state index contributed by atoms with van der Waals surface area (Å²) in [5, 5.41) is 7.63. The average molecular weight is 233 g/mol. The van der Waals surface area contributed by atoms with E-state index < -0.39 is 0 Å². The molecule has 0 spiro atoms. The normalized spacial score (nSPS) is 10.9. The van der Waals surface area contributed by atoms with E-state index in [2.05, 4.69) is 24.3 Å². The molecule has 17 heavy (non-hydrogen) atoms. The maximum absolute atomic E-state index is 5.51. The van der Waals surface area contributed by atoms with Gasteiger partial charge in [0.2, 0.25) is 0 Å². The zero-order chi connectivity index (χ0) is 12.1. The van der Waals surface area contributed by atoms with Crippen molar-refractivity contribution >= 4 is 0 Å². The number of nitrogens with zero attached hydrogens (tertiary/aromatic N) is 2. The lowest BCUT2D eigenvalue weighted by molar-refractivity contribution is 0.484. The summed E-state index contributed by atoms with van der Waals surface area (Å²) in [5.74, 6) is 0.981. The Balaban J connectivity index is 2.12. The topological polar surface area (TPSA) is 43.0 Å². The molecule has 2 heterocycles. The highest BCUT2D eigenvalue weighted by Gasteiger charge is 2.09. The fourth-order valence-corrected chi connectivity index (χ4v) is 1.79. The predicted molar refractivity (Wildman–Crippen MR) is 67.6 cm³/mol. The molecule has 0 aliphatic carbocycles. The number of nitrogens with one attached hydrogen (secondary N) is 1. The van der Waals surface area contributed by atoms with E-state index in [4.69, 9.17) is 4.42 Å². The second-order valence-corrected chi connectivity index (χ2v) is 4.02. The van der Waals surface area contributed by atoms with E-state index >= 15 is 0 Å². The van der Waals surface area contributed by atoms with Gasteiger partial charge in [0.05, 0.1) is 19.0 Å². The molecule has 0 atom stereocenters. The Kier molecular flexibility index (Phi) is 3.98. The number of furan rings is 1. The standard InChI is InChI=1S/C13H19N3O/c1-3-6-14-9-13-12(5-7-17-13)11-8-15-16(4-2)10-11/h5,7-8,10,14H,3-4,6,9H2,1-2H3. The summed E-state index contributed by atoms with van der Waals surface area (Å²) in [4.78, 5) is 0. The van der Waals surface area contributed by atoms with Crippen molar-refractivity contribution in [1.82, 2.24) is 15.1 Å². The maximum Gasteiger partial charge on any atom is 0.125 e. The highest BCUT2D eigenvalue weighted by atomic mass is 16.3. The molecule has 0 amide bonds. The lowest BCUT2D eigenvalue weighted by Crippen LogP contribution is -2.13. The highest BCUT2D eigenvalue weighted by molar-refractivity contribution is 5.63. The van der Waals surface area contributed by atoms with Gasteiger partial charge in [-0.2, -0.15) is 5.10 Å². The molecule has 0 aliphatic heterocycles. The first-order valence-corrected chi connectivity index (χ1v) is 6.15. The Morgan fingerprint density at radius 2 is 2.29 bits per heavy atom. The Morgan fingerprint density at radius 1 is 1.41 bits per heavy atom. The largest absolute Gasteiger partial charge is 0.467 e. The fraction of sp³-hybridized carbons (Fsp3) is 0.462. The molecule has 0 unspecified atom stereocenters. The number of aryl methyl sites for hydroxylation is 1. The zero-order valence-corrected chi connectivity index (χ0v) is 10.4. The van der Waals surface area contributed by atoms with Gasteiger partial charge in [-0.15, -0.1) is 0 Å². The van der Waals surface area contributed by atoms with Gasteiger partial charge in [-0.3, -0.25) is 4.68 Å². The molecular formula is C13H19N3O. The van der Waals surface area contributed by atoms with Crippen LogP contribution in [0.1, 0.15) is 26.0 Å². The number of aromatic nitrogens is 2. The summed E-state index contributed by atoms with van der Waals surface area (Å²) in [7, 11) is 0. The third kappa shape index (κ3) is 2.77. The van der Waals surface area contributed by atoms with Crippen molar-refractivity contribution in [3.63, 3.8) is 0 Å². The number of rotatable bonds is 6. The van der Waals surface area contributed by atoms with Gasteiger partial charge in [-0.05, 0) is 26.0 Å². The lowest BCUT2D eigenvalue weighted by Gasteiger charge is -2.02. The van der Waals surface area contributed by atoms with Gasteiger partial charge >= 0.3 is 0 Å². The molecule has 0 saturated carbocycles. The molecule has 92 valence electrons. The Labute approximate surface area is 102 Å². The van der Waals surface area contributed by atoms with Crippen molar-refractivity contribution in [2.75, 3.05) is 6.54 Å². The van der Waals surface area contributed by atoms with Gasteiger partial charge in [0.25, 0.3) is 0 Å². The van der Waals surface area contributed by atoms with Crippen LogP contribution in [0.25, 0.3) is 11.1 Å². The molecule has 0 radical (unpaired) electrons. The van der Waals surface area contributed by atoms with E-state index in [-0.39, 0.29) is 0 Å². The molecule has 2 rings (SSSR count). The molecule has 0 aromatic carbocycles. The van der Waals surface area contributed by atoms with Gasteiger partial charge in [-0.1, -0.05) is 6.92 Å². The Bertz CT molecular complexity index is 459. The van der Waals surface area contributed by atoms with Crippen LogP contribution in [0.5, 0.6) is 0 Å². The van der Waals surface area contributed by atoms with Crippen molar-refractivity contribution in [2.45, 2.75) is 33.4 Å². The zero-order valence-electron chi connectivity index (χ0n) is 10.4. The van der Waals surface area contributed by atoms with Crippen LogP contribution >= 0.6 is 0 Å². The molecule has 2 aromatic rings. The van der Waals surface area contributed by atoms with E-state index in [1.807, 2.05) is 23.1 Å². The molecule has 0 fully saturated rings. The van der Waals surface area contributed by atoms with Crippen molar-refractivity contribution in [2.24, 2.45) is 0 Å². The van der Waals surface area contributed by atoms with Gasteiger partial charge < -0.3 is 9.73 Å². The van der Waals surface area contributed by atoms with Crippen LogP contribution in [0.4, 0.5) is 0 Å². The first-order chi connectivity index (χ1) is 8.35. The van der Waals surface area contributed by atoms with Crippen molar-refractivity contribution in [3.05, 3.63) is 30.5 Å². The summed E-state index contributed by atoms with van der Waals surface area (Å²) >= 11 is 0. The summed E-state index contributed by atoms with van der Waals surface area (Å²) < 4.78 is 7.43. The van der Waals surface area contributed by atoms with E-state index in [9.17, 15) is 0 Å². The summed E-state index contributed by atoms with van der Waals surface area (Å²) in [6, 6.07) is 2.00. The van der Waals surface area contributed by atoms with E-state index in [1.54, 1.807) is 6.26 Å². The minimum Gasteiger partial charge on any atom is -0.467 e. The second kappa shape index (κ2) is 5.68. The molecule has 2 aromatic heterocycles. The minimum absolute atomic E-state index is 0.771. The quantitative estimate of drug-likeness (QED) is 0.780. The van der Waals surface area contributed by atoms with Crippen LogP contribution in [-0.4, -0.2) is 16.3 Å². The summed E-state index contributed by atoms with van der Waals surface area (Å²) in [5.41, 5.74) is 2.25. The van der Waals surface area contributed by atoms with E-state index in [0.29, 0.717) is 0 Å². The SMILES string of the molecule is CCCNCc1occc1-c1cnn(CC)c1. The van der Waals surface area contributed by atoms with Crippen LogP contribution in [0.2, 0.25) is 0 Å². The van der Waals surface area contributed by atoms with Crippen LogP contribution < -0.4 is 5.32 Å². The predicted octanol–water partition coefficient (Wildman–Crippen LogP) is 2.66. The lowest BCUT2D eigenvalue weighted by atomic mass is 10.1. The van der Waals surface area contributed by atoms with Crippen molar-refractivity contribution in [3.8, 4) is 11.1 Å². The van der Waals surface area contributed by atoms with Crippen LogP contribution in [0.15, 0.2) is 29.1 Å². The van der Waals surface area contributed by atoms with Crippen LogP contribution in [0, 0.1) is 0 Å². The molecule has 4 heteroatoms. The van der Waals surface area contributed by atoms with Crippen LogP contribution in [0.3, 0.4) is 0 Å². The summed E-state index contributed by atoms with van der Waals surface area (Å²) in [6.45, 7) is 6.90. The van der Waals surface area contributed by atoms with Crippen molar-refractivity contribution < 1.29 is 4.42 Å². The minimum atomic E-state index is 0.771. The third-order valence-electron chi connectivity index (χ3n) is 2.73. The van der Waals surface area contributed by atoms with E-state index in [1.165, 1.54) is 0 Å². The first-order valence-electron chi connectivity index (χ1n) is 6.15. The highest BCUT2D eigenvalue weighted by Crippen LogP contribution is 2.24. The van der Waals surface area contributed by atoms with E-state index in [0.717, 1.165) is 42.9 Å².